The maximum atomic E-state index is 12.3. The summed E-state index contributed by atoms with van der Waals surface area (Å²) in [5.41, 5.74) is 2.77. The molecule has 0 spiro atoms. The van der Waals surface area contributed by atoms with Gasteiger partial charge in [-0.3, -0.25) is 14.5 Å². The largest absolute Gasteiger partial charge is 0.444 e. The van der Waals surface area contributed by atoms with Crippen LogP contribution in [0.4, 0.5) is 0 Å². The summed E-state index contributed by atoms with van der Waals surface area (Å²) in [7, 11) is 0. The Bertz CT molecular complexity index is 917. The Balaban J connectivity index is 1.31. The van der Waals surface area contributed by atoms with E-state index in [0.29, 0.717) is 35.1 Å². The fourth-order valence-corrected chi connectivity index (χ4v) is 3.66. The highest BCUT2D eigenvalue weighted by Crippen LogP contribution is 2.24. The number of benzene rings is 2. The Morgan fingerprint density at radius 3 is 2.27 bits per heavy atom. The number of aromatic nitrogens is 1. The number of carbonyl (C=O) groups is 2. The van der Waals surface area contributed by atoms with Gasteiger partial charge in [-0.1, -0.05) is 30.3 Å². The SMILES string of the molecule is O=C1c2ccccc2C(=O)N1CCSCc1coc(-c2ccccc2)n1. The van der Waals surface area contributed by atoms with Crippen LogP contribution in [0.2, 0.25) is 0 Å². The summed E-state index contributed by atoms with van der Waals surface area (Å²) in [6.45, 7) is 0.389. The normalized spacial score (nSPS) is 13.3. The van der Waals surface area contributed by atoms with Crippen LogP contribution in [0.1, 0.15) is 26.4 Å². The van der Waals surface area contributed by atoms with Crippen molar-refractivity contribution < 1.29 is 14.0 Å². The minimum absolute atomic E-state index is 0.209. The molecule has 1 aliphatic rings. The maximum Gasteiger partial charge on any atom is 0.261 e. The quantitative estimate of drug-likeness (QED) is 0.491. The molecule has 2 amide bonds. The van der Waals surface area contributed by atoms with Crippen molar-refractivity contribution in [2.75, 3.05) is 12.3 Å². The second kappa shape index (κ2) is 7.17. The zero-order chi connectivity index (χ0) is 17.9. The fourth-order valence-electron chi connectivity index (χ4n) is 2.86. The van der Waals surface area contributed by atoms with Crippen molar-refractivity contribution >= 4 is 23.6 Å². The monoisotopic (exact) mass is 364 g/mol. The lowest BCUT2D eigenvalue weighted by atomic mass is 10.1. The minimum Gasteiger partial charge on any atom is -0.444 e. The summed E-state index contributed by atoms with van der Waals surface area (Å²) in [6.07, 6.45) is 1.65. The molecule has 4 rings (SSSR count). The zero-order valence-corrected chi connectivity index (χ0v) is 14.7. The van der Waals surface area contributed by atoms with E-state index in [1.165, 1.54) is 4.90 Å². The second-order valence-corrected chi connectivity index (χ2v) is 6.98. The average Bonchev–Trinajstić information content (AvgIpc) is 3.25. The van der Waals surface area contributed by atoms with E-state index < -0.39 is 0 Å². The number of thioether (sulfide) groups is 1. The molecule has 0 bridgehead atoms. The number of rotatable bonds is 6. The van der Waals surface area contributed by atoms with Crippen LogP contribution < -0.4 is 0 Å². The maximum absolute atomic E-state index is 12.3. The van der Waals surface area contributed by atoms with Crippen molar-refractivity contribution in [1.29, 1.82) is 0 Å². The van der Waals surface area contributed by atoms with Crippen molar-refractivity contribution in [2.24, 2.45) is 0 Å². The predicted molar refractivity (Wildman–Crippen MR) is 99.9 cm³/mol. The third-order valence-electron chi connectivity index (χ3n) is 4.16. The van der Waals surface area contributed by atoms with Crippen LogP contribution in [0.3, 0.4) is 0 Å². The van der Waals surface area contributed by atoms with E-state index in [-0.39, 0.29) is 11.8 Å². The lowest BCUT2D eigenvalue weighted by molar-refractivity contribution is 0.0664. The highest BCUT2D eigenvalue weighted by atomic mass is 32.2. The first-order chi connectivity index (χ1) is 12.7. The van der Waals surface area contributed by atoms with Crippen molar-refractivity contribution in [1.82, 2.24) is 9.88 Å². The number of fused-ring (bicyclic) bond motifs is 1. The molecule has 1 aliphatic heterocycles. The Hall–Kier alpha value is -2.86. The van der Waals surface area contributed by atoms with Gasteiger partial charge in [-0.05, 0) is 24.3 Å². The second-order valence-electron chi connectivity index (χ2n) is 5.87. The van der Waals surface area contributed by atoms with Gasteiger partial charge in [0, 0.05) is 23.6 Å². The molecule has 5 nitrogen and oxygen atoms in total. The van der Waals surface area contributed by atoms with Gasteiger partial charge in [-0.2, -0.15) is 11.8 Å². The van der Waals surface area contributed by atoms with Crippen molar-refractivity contribution in [2.45, 2.75) is 5.75 Å². The first kappa shape index (κ1) is 16.6. The van der Waals surface area contributed by atoms with Crippen LogP contribution in [0.25, 0.3) is 11.5 Å². The van der Waals surface area contributed by atoms with Gasteiger partial charge >= 0.3 is 0 Å². The van der Waals surface area contributed by atoms with Crippen LogP contribution in [-0.4, -0.2) is 34.0 Å². The van der Waals surface area contributed by atoms with Gasteiger partial charge in [0.2, 0.25) is 5.89 Å². The molecule has 3 aromatic rings. The topological polar surface area (TPSA) is 63.4 Å². The van der Waals surface area contributed by atoms with Crippen LogP contribution >= 0.6 is 11.8 Å². The molecule has 0 aliphatic carbocycles. The number of carbonyl (C=O) groups excluding carboxylic acids is 2. The smallest absolute Gasteiger partial charge is 0.261 e. The molecule has 0 atom stereocenters. The van der Waals surface area contributed by atoms with Gasteiger partial charge in [-0.25, -0.2) is 4.98 Å². The van der Waals surface area contributed by atoms with Crippen molar-refractivity contribution in [3.8, 4) is 11.5 Å². The number of nitrogens with zero attached hydrogens (tertiary/aromatic N) is 2. The molecule has 0 radical (unpaired) electrons. The number of oxazole rings is 1. The Labute approximate surface area is 155 Å². The number of amides is 2. The average molecular weight is 364 g/mol. The molecule has 0 unspecified atom stereocenters. The Kier molecular flexibility index (Phi) is 4.58. The molecule has 130 valence electrons. The summed E-state index contributed by atoms with van der Waals surface area (Å²) in [5, 5.41) is 0. The van der Waals surface area contributed by atoms with Crippen LogP contribution in [0, 0.1) is 0 Å². The standard InChI is InChI=1S/C20H16N2O3S/c23-19-16-8-4-5-9-17(16)20(24)22(19)10-11-26-13-15-12-25-18(21-15)14-6-2-1-3-7-14/h1-9,12H,10-11,13H2. The molecular weight excluding hydrogens is 348 g/mol. The Morgan fingerprint density at radius 1 is 0.923 bits per heavy atom. The van der Waals surface area contributed by atoms with E-state index in [2.05, 4.69) is 4.98 Å². The first-order valence-electron chi connectivity index (χ1n) is 8.27. The van der Waals surface area contributed by atoms with Gasteiger partial charge in [-0.15, -0.1) is 0 Å². The third-order valence-corrected chi connectivity index (χ3v) is 5.13. The highest BCUT2D eigenvalue weighted by molar-refractivity contribution is 7.98. The van der Waals surface area contributed by atoms with Gasteiger partial charge in [0.25, 0.3) is 11.8 Å². The van der Waals surface area contributed by atoms with E-state index in [1.807, 2.05) is 30.3 Å². The molecule has 2 heterocycles. The van der Waals surface area contributed by atoms with E-state index in [0.717, 1.165) is 11.3 Å². The third kappa shape index (κ3) is 3.15. The van der Waals surface area contributed by atoms with Crippen molar-refractivity contribution in [3.05, 3.63) is 77.7 Å². The zero-order valence-electron chi connectivity index (χ0n) is 13.9. The number of hydrogen-bond acceptors (Lipinski definition) is 5. The van der Waals surface area contributed by atoms with Crippen LogP contribution in [0.5, 0.6) is 0 Å². The molecule has 0 fully saturated rings. The Morgan fingerprint density at radius 2 is 1.58 bits per heavy atom. The summed E-state index contributed by atoms with van der Waals surface area (Å²) >= 11 is 1.62. The summed E-state index contributed by atoms with van der Waals surface area (Å²) < 4.78 is 5.51. The lowest BCUT2D eigenvalue weighted by Gasteiger charge is -2.12. The summed E-state index contributed by atoms with van der Waals surface area (Å²) in [6, 6.07) is 16.7. The van der Waals surface area contributed by atoms with Gasteiger partial charge < -0.3 is 4.42 Å². The minimum atomic E-state index is -0.209. The first-order valence-corrected chi connectivity index (χ1v) is 9.42. The molecule has 26 heavy (non-hydrogen) atoms. The lowest BCUT2D eigenvalue weighted by Crippen LogP contribution is -2.31. The van der Waals surface area contributed by atoms with Crippen LogP contribution in [-0.2, 0) is 5.75 Å². The molecule has 1 aromatic heterocycles. The molecule has 0 saturated heterocycles. The highest BCUT2D eigenvalue weighted by Gasteiger charge is 2.34. The molecule has 6 heteroatoms. The van der Waals surface area contributed by atoms with E-state index in [4.69, 9.17) is 4.42 Å². The van der Waals surface area contributed by atoms with E-state index in [9.17, 15) is 9.59 Å². The number of hydrogen-bond donors (Lipinski definition) is 0. The molecule has 0 N–H and O–H groups in total. The number of imide groups is 1. The van der Waals surface area contributed by atoms with E-state index in [1.54, 1.807) is 42.3 Å². The fraction of sp³-hybridized carbons (Fsp3) is 0.150. The molecule has 0 saturated carbocycles. The van der Waals surface area contributed by atoms with Gasteiger partial charge in [0.15, 0.2) is 0 Å². The predicted octanol–water partition coefficient (Wildman–Crippen LogP) is 3.87. The van der Waals surface area contributed by atoms with Gasteiger partial charge in [0.1, 0.15) is 6.26 Å². The molecule has 2 aromatic carbocycles. The van der Waals surface area contributed by atoms with Gasteiger partial charge in [0.05, 0.1) is 16.8 Å². The van der Waals surface area contributed by atoms with E-state index >= 15 is 0 Å². The van der Waals surface area contributed by atoms with Crippen LogP contribution in [0.15, 0.2) is 65.3 Å². The summed E-state index contributed by atoms with van der Waals surface area (Å²) in [4.78, 5) is 30.4. The van der Waals surface area contributed by atoms with Crippen molar-refractivity contribution in [3.63, 3.8) is 0 Å². The molecular formula is C20H16N2O3S. The summed E-state index contributed by atoms with van der Waals surface area (Å²) in [5.74, 6) is 1.50.